The number of carbonyl (C=O) groups is 2. The fraction of sp³-hybridized carbons (Fsp3) is 0.367. The molecule has 1 aliphatic rings. The molecule has 1 fully saturated rings. The zero-order chi connectivity index (χ0) is 28.4. The molecule has 9 heteroatoms. The van der Waals surface area contributed by atoms with Crippen LogP contribution in [0.25, 0.3) is 0 Å². The summed E-state index contributed by atoms with van der Waals surface area (Å²) in [5.74, 6) is 0.0688. The quantitative estimate of drug-likeness (QED) is 0.435. The zero-order valence-electron chi connectivity index (χ0n) is 23.1. The third-order valence-electron chi connectivity index (χ3n) is 7.59. The third kappa shape index (κ3) is 5.94. The van der Waals surface area contributed by atoms with Gasteiger partial charge in [0.1, 0.15) is 29.1 Å². The van der Waals surface area contributed by atoms with Gasteiger partial charge in [-0.15, -0.1) is 0 Å². The number of hydrogen-bond donors (Lipinski definition) is 0. The number of nitrogens with zero attached hydrogens (tertiary/aromatic N) is 4. The van der Waals surface area contributed by atoms with Crippen LogP contribution in [0.1, 0.15) is 43.7 Å². The topological polar surface area (TPSA) is 85.8 Å². The lowest BCUT2D eigenvalue weighted by molar-refractivity contribution is -0.943. The van der Waals surface area contributed by atoms with Crippen LogP contribution in [0.5, 0.6) is 11.5 Å². The maximum Gasteiger partial charge on any atom is 0.276 e. The Bertz CT molecular complexity index is 1320. The van der Waals surface area contributed by atoms with Crippen molar-refractivity contribution in [2.24, 2.45) is 0 Å². The third-order valence-corrected chi connectivity index (χ3v) is 7.59. The van der Waals surface area contributed by atoms with E-state index in [4.69, 9.17) is 4.74 Å². The van der Waals surface area contributed by atoms with E-state index in [1.165, 1.54) is 23.2 Å². The SMILES string of the molecule is C[C@H]1CN(Cc2ccc(N(C)C(=O)c3ccc(Oc4cccc(F)c4)cn3)cc2)CC[N+]1(C(=O)[O-])C(C)(C)C. The van der Waals surface area contributed by atoms with E-state index >= 15 is 0 Å². The lowest BCUT2D eigenvalue weighted by Gasteiger charge is -2.55. The van der Waals surface area contributed by atoms with Crippen LogP contribution in [0, 0.1) is 5.82 Å². The number of anilines is 1. The van der Waals surface area contributed by atoms with Gasteiger partial charge in [0.2, 0.25) is 0 Å². The molecule has 1 unspecified atom stereocenters. The van der Waals surface area contributed by atoms with Gasteiger partial charge in [0.05, 0.1) is 24.8 Å². The second-order valence-electron chi connectivity index (χ2n) is 11.1. The number of pyridine rings is 1. The zero-order valence-corrected chi connectivity index (χ0v) is 23.1. The van der Waals surface area contributed by atoms with Gasteiger partial charge >= 0.3 is 0 Å². The lowest BCUT2D eigenvalue weighted by atomic mass is 9.95. The predicted octanol–water partition coefficient (Wildman–Crippen LogP) is 4.45. The highest BCUT2D eigenvalue weighted by molar-refractivity contribution is 6.04. The van der Waals surface area contributed by atoms with Crippen molar-refractivity contribution in [1.82, 2.24) is 9.88 Å². The molecule has 4 rings (SSSR count). The molecule has 0 aliphatic carbocycles. The number of carbonyl (C=O) groups excluding carboxylic acids is 2. The summed E-state index contributed by atoms with van der Waals surface area (Å²) in [4.78, 5) is 33.2. The molecule has 2 aromatic carbocycles. The van der Waals surface area contributed by atoms with Gasteiger partial charge in [0, 0.05) is 31.9 Å². The molecule has 0 N–H and O–H groups in total. The van der Waals surface area contributed by atoms with Crippen molar-refractivity contribution < 1.29 is 28.3 Å². The Balaban J connectivity index is 1.36. The average molecular weight is 535 g/mol. The second-order valence-corrected chi connectivity index (χ2v) is 11.1. The van der Waals surface area contributed by atoms with Gasteiger partial charge in [-0.3, -0.25) is 14.2 Å². The van der Waals surface area contributed by atoms with Crippen LogP contribution in [0.2, 0.25) is 0 Å². The minimum absolute atomic E-state index is 0.0543. The molecule has 1 aromatic heterocycles. The Hall–Kier alpha value is -3.82. The summed E-state index contributed by atoms with van der Waals surface area (Å²) in [6.45, 7) is 10.3. The first-order valence-corrected chi connectivity index (χ1v) is 13.0. The fourth-order valence-electron chi connectivity index (χ4n) is 5.42. The van der Waals surface area contributed by atoms with Crippen molar-refractivity contribution in [3.8, 4) is 11.5 Å². The Kier molecular flexibility index (Phi) is 8.04. The molecule has 1 saturated heterocycles. The smallest absolute Gasteiger partial charge is 0.276 e. The van der Waals surface area contributed by atoms with Gasteiger partial charge in [-0.1, -0.05) is 18.2 Å². The van der Waals surface area contributed by atoms with Crippen LogP contribution in [0.3, 0.4) is 0 Å². The van der Waals surface area contributed by atoms with Crippen molar-refractivity contribution in [3.05, 3.63) is 83.9 Å². The van der Waals surface area contributed by atoms with Crippen molar-refractivity contribution in [1.29, 1.82) is 0 Å². The standard InChI is InChI=1S/C30H35FN4O4/c1-21-19-34(15-16-35(21,29(37)38)30(2,3)4)20-22-9-11-24(12-10-22)33(5)28(36)27-14-13-26(18-32-27)39-25-8-6-7-23(31)17-25/h6-14,17-18,21H,15-16,19-20H2,1-5H3/t21-,35?/m0/s1. The number of benzene rings is 2. The number of halogens is 1. The van der Waals surface area contributed by atoms with Crippen LogP contribution in [-0.2, 0) is 6.54 Å². The number of amides is 2. The Morgan fingerprint density at radius 3 is 2.41 bits per heavy atom. The maximum absolute atomic E-state index is 13.4. The van der Waals surface area contributed by atoms with Crippen molar-refractivity contribution in [2.75, 3.05) is 31.6 Å². The van der Waals surface area contributed by atoms with Gasteiger partial charge in [0.25, 0.3) is 12.0 Å². The number of ether oxygens (including phenoxy) is 1. The number of hydrogen-bond acceptors (Lipinski definition) is 6. The van der Waals surface area contributed by atoms with E-state index in [0.717, 1.165) is 11.3 Å². The summed E-state index contributed by atoms with van der Waals surface area (Å²) in [6, 6.07) is 16.6. The number of aromatic nitrogens is 1. The highest BCUT2D eigenvalue weighted by atomic mass is 19.1. The number of rotatable bonds is 6. The highest BCUT2D eigenvalue weighted by Gasteiger charge is 2.49. The fourth-order valence-corrected chi connectivity index (χ4v) is 5.42. The van der Waals surface area contributed by atoms with E-state index in [1.807, 2.05) is 52.0 Å². The maximum atomic E-state index is 13.4. The summed E-state index contributed by atoms with van der Waals surface area (Å²) >= 11 is 0. The van der Waals surface area contributed by atoms with Crippen LogP contribution in [-0.4, -0.2) is 64.6 Å². The van der Waals surface area contributed by atoms with E-state index in [0.29, 0.717) is 37.7 Å². The van der Waals surface area contributed by atoms with Crippen LogP contribution >= 0.6 is 0 Å². The van der Waals surface area contributed by atoms with Crippen LogP contribution < -0.4 is 14.7 Å². The summed E-state index contributed by atoms with van der Waals surface area (Å²) in [6.07, 6.45) is 0.414. The predicted molar refractivity (Wildman–Crippen MR) is 145 cm³/mol. The van der Waals surface area contributed by atoms with Gasteiger partial charge in [-0.25, -0.2) is 9.37 Å². The van der Waals surface area contributed by atoms with E-state index in [-0.39, 0.29) is 22.1 Å². The van der Waals surface area contributed by atoms with Crippen molar-refractivity contribution in [3.63, 3.8) is 0 Å². The molecule has 39 heavy (non-hydrogen) atoms. The molecular weight excluding hydrogens is 499 g/mol. The van der Waals surface area contributed by atoms with Crippen molar-refractivity contribution >= 4 is 17.7 Å². The molecule has 0 radical (unpaired) electrons. The molecule has 2 amide bonds. The highest BCUT2D eigenvalue weighted by Crippen LogP contribution is 2.32. The van der Waals surface area contributed by atoms with E-state index in [2.05, 4.69) is 9.88 Å². The Morgan fingerprint density at radius 1 is 1.13 bits per heavy atom. The molecule has 0 spiro atoms. The lowest BCUT2D eigenvalue weighted by Crippen LogP contribution is -2.76. The monoisotopic (exact) mass is 534 g/mol. The molecule has 2 atom stereocenters. The van der Waals surface area contributed by atoms with E-state index in [1.54, 1.807) is 31.3 Å². The number of carboxylic acid groups (broad SMARTS) is 1. The summed E-state index contributed by atoms with van der Waals surface area (Å²) in [7, 11) is 1.69. The average Bonchev–Trinajstić information content (AvgIpc) is 2.88. The first-order chi connectivity index (χ1) is 18.4. The van der Waals surface area contributed by atoms with E-state index < -0.39 is 17.4 Å². The summed E-state index contributed by atoms with van der Waals surface area (Å²) in [5.41, 5.74) is 1.60. The first kappa shape index (κ1) is 28.2. The van der Waals surface area contributed by atoms with Gasteiger partial charge in [0.15, 0.2) is 0 Å². The van der Waals surface area contributed by atoms with E-state index in [9.17, 15) is 19.1 Å². The van der Waals surface area contributed by atoms with Crippen LogP contribution in [0.15, 0.2) is 66.9 Å². The second kappa shape index (κ2) is 11.1. The molecular formula is C30H35FN4O4. The largest absolute Gasteiger partial charge is 0.498 e. The van der Waals surface area contributed by atoms with Crippen molar-refractivity contribution in [2.45, 2.75) is 45.8 Å². The van der Waals surface area contributed by atoms with Gasteiger partial charge in [-0.2, -0.15) is 0 Å². The number of piperazine rings is 1. The van der Waals surface area contributed by atoms with Gasteiger partial charge < -0.3 is 19.5 Å². The molecule has 0 bridgehead atoms. The Morgan fingerprint density at radius 2 is 1.85 bits per heavy atom. The minimum atomic E-state index is -1.02. The normalized spacial score (nSPS) is 19.9. The van der Waals surface area contributed by atoms with Gasteiger partial charge in [-0.05, 0) is 69.7 Å². The Labute approximate surface area is 228 Å². The molecule has 0 saturated carbocycles. The van der Waals surface area contributed by atoms with Crippen LogP contribution in [0.4, 0.5) is 14.9 Å². The minimum Gasteiger partial charge on any atom is -0.498 e. The first-order valence-electron chi connectivity index (χ1n) is 13.0. The molecule has 2 heterocycles. The molecule has 1 aliphatic heterocycles. The molecule has 8 nitrogen and oxygen atoms in total. The number of quaternary nitrogens is 1. The molecule has 3 aromatic rings. The summed E-state index contributed by atoms with van der Waals surface area (Å²) in [5, 5.41) is 12.1. The molecule has 206 valence electrons. The summed E-state index contributed by atoms with van der Waals surface area (Å²) < 4.78 is 18.9.